The van der Waals surface area contributed by atoms with Crippen molar-refractivity contribution in [3.05, 3.63) is 78.6 Å². The topological polar surface area (TPSA) is 56.7 Å². The minimum absolute atomic E-state index is 0.299. The van der Waals surface area contributed by atoms with E-state index in [4.69, 9.17) is 4.52 Å². The fourth-order valence-corrected chi connectivity index (χ4v) is 3.15. The van der Waals surface area contributed by atoms with Crippen LogP contribution in [0.25, 0.3) is 17.1 Å². The normalized spacial score (nSPS) is 10.9. The van der Waals surface area contributed by atoms with E-state index in [0.29, 0.717) is 23.0 Å². The van der Waals surface area contributed by atoms with Crippen LogP contribution in [0.5, 0.6) is 0 Å². The molecule has 5 nitrogen and oxygen atoms in total. The molecule has 0 aliphatic carbocycles. The third-order valence-electron chi connectivity index (χ3n) is 3.53. The lowest BCUT2D eigenvalue weighted by Gasteiger charge is -2.05. The standard InChI is InChI=1S/C18H13FN4OS/c19-14-8-6-13(7-9-14)17-21-16(22-24-17)12-25-18-20-10-11-23(18)15-4-2-1-3-5-15/h1-11H,12H2. The molecular weight excluding hydrogens is 339 g/mol. The molecule has 7 heteroatoms. The van der Waals surface area contributed by atoms with Crippen LogP contribution in [0, 0.1) is 5.82 Å². The number of thioether (sulfide) groups is 1. The van der Waals surface area contributed by atoms with Crippen molar-refractivity contribution in [1.82, 2.24) is 19.7 Å². The van der Waals surface area contributed by atoms with E-state index in [9.17, 15) is 4.39 Å². The molecular formula is C18H13FN4OS. The van der Waals surface area contributed by atoms with Gasteiger partial charge < -0.3 is 4.52 Å². The van der Waals surface area contributed by atoms with E-state index >= 15 is 0 Å². The van der Waals surface area contributed by atoms with Gasteiger partial charge in [-0.3, -0.25) is 4.57 Å². The summed E-state index contributed by atoms with van der Waals surface area (Å²) < 4.78 is 20.2. The Bertz CT molecular complexity index is 966. The van der Waals surface area contributed by atoms with Gasteiger partial charge >= 0.3 is 0 Å². The SMILES string of the molecule is Fc1ccc(-c2nc(CSc3nccn3-c3ccccc3)no2)cc1. The molecule has 0 atom stereocenters. The van der Waals surface area contributed by atoms with Crippen LogP contribution in [0.2, 0.25) is 0 Å². The van der Waals surface area contributed by atoms with E-state index in [1.165, 1.54) is 23.9 Å². The number of hydrogen-bond donors (Lipinski definition) is 0. The lowest BCUT2D eigenvalue weighted by molar-refractivity contribution is 0.425. The van der Waals surface area contributed by atoms with E-state index in [0.717, 1.165) is 10.8 Å². The first kappa shape index (κ1) is 15.6. The number of benzene rings is 2. The van der Waals surface area contributed by atoms with E-state index < -0.39 is 0 Å². The van der Waals surface area contributed by atoms with Crippen molar-refractivity contribution in [3.63, 3.8) is 0 Å². The fraction of sp³-hybridized carbons (Fsp3) is 0.0556. The summed E-state index contributed by atoms with van der Waals surface area (Å²) >= 11 is 1.52. The number of nitrogens with zero attached hydrogens (tertiary/aromatic N) is 4. The fourth-order valence-electron chi connectivity index (χ4n) is 2.33. The zero-order chi connectivity index (χ0) is 17.1. The van der Waals surface area contributed by atoms with Gasteiger partial charge in [-0.05, 0) is 36.4 Å². The van der Waals surface area contributed by atoms with Crippen LogP contribution in [0.3, 0.4) is 0 Å². The van der Waals surface area contributed by atoms with Gasteiger partial charge in [0, 0.05) is 23.6 Å². The molecule has 0 bridgehead atoms. The summed E-state index contributed by atoms with van der Waals surface area (Å²) in [6, 6.07) is 15.9. The molecule has 0 unspecified atom stereocenters. The quantitative estimate of drug-likeness (QED) is 0.500. The number of hydrogen-bond acceptors (Lipinski definition) is 5. The third kappa shape index (κ3) is 3.46. The summed E-state index contributed by atoms with van der Waals surface area (Å²) in [5.74, 6) is 1.16. The Morgan fingerprint density at radius 2 is 1.84 bits per heavy atom. The van der Waals surface area contributed by atoms with Crippen molar-refractivity contribution in [2.24, 2.45) is 0 Å². The van der Waals surface area contributed by atoms with Gasteiger partial charge in [-0.15, -0.1) is 0 Å². The first-order valence-electron chi connectivity index (χ1n) is 7.60. The first-order valence-corrected chi connectivity index (χ1v) is 8.58. The third-order valence-corrected chi connectivity index (χ3v) is 4.49. The highest BCUT2D eigenvalue weighted by molar-refractivity contribution is 7.98. The molecule has 2 heterocycles. The highest BCUT2D eigenvalue weighted by atomic mass is 32.2. The van der Waals surface area contributed by atoms with Crippen molar-refractivity contribution in [2.75, 3.05) is 0 Å². The Kier molecular flexibility index (Phi) is 4.30. The van der Waals surface area contributed by atoms with E-state index in [2.05, 4.69) is 15.1 Å². The average Bonchev–Trinajstić information content (AvgIpc) is 3.31. The number of halogens is 1. The molecule has 0 N–H and O–H groups in total. The molecule has 0 fully saturated rings. The van der Waals surface area contributed by atoms with Gasteiger partial charge in [0.1, 0.15) is 5.82 Å². The van der Waals surface area contributed by atoms with Crippen LogP contribution in [-0.4, -0.2) is 19.7 Å². The Labute approximate surface area is 147 Å². The molecule has 2 aromatic carbocycles. The second-order valence-electron chi connectivity index (χ2n) is 5.23. The summed E-state index contributed by atoms with van der Waals surface area (Å²) in [6.45, 7) is 0. The van der Waals surface area contributed by atoms with E-state index in [-0.39, 0.29) is 5.82 Å². The summed E-state index contributed by atoms with van der Waals surface area (Å²) in [5.41, 5.74) is 1.73. The lowest BCUT2D eigenvalue weighted by Crippen LogP contribution is -1.95. The molecule has 0 saturated heterocycles. The smallest absolute Gasteiger partial charge is 0.257 e. The van der Waals surface area contributed by atoms with Crippen molar-refractivity contribution < 1.29 is 8.91 Å². The molecule has 0 radical (unpaired) electrons. The van der Waals surface area contributed by atoms with Gasteiger partial charge in [-0.2, -0.15) is 4.98 Å². The van der Waals surface area contributed by atoms with Crippen molar-refractivity contribution in [2.45, 2.75) is 10.9 Å². The highest BCUT2D eigenvalue weighted by Gasteiger charge is 2.11. The van der Waals surface area contributed by atoms with Gasteiger partial charge in [0.05, 0.1) is 5.75 Å². The minimum atomic E-state index is -0.299. The molecule has 25 heavy (non-hydrogen) atoms. The largest absolute Gasteiger partial charge is 0.334 e. The predicted octanol–water partition coefficient (Wildman–Crippen LogP) is 4.35. The van der Waals surface area contributed by atoms with Crippen LogP contribution >= 0.6 is 11.8 Å². The number of aromatic nitrogens is 4. The Hall–Kier alpha value is -2.93. The monoisotopic (exact) mass is 352 g/mol. The average molecular weight is 352 g/mol. The summed E-state index contributed by atoms with van der Waals surface area (Å²) in [7, 11) is 0. The zero-order valence-electron chi connectivity index (χ0n) is 13.0. The maximum Gasteiger partial charge on any atom is 0.257 e. The van der Waals surface area contributed by atoms with Gasteiger partial charge in [0.25, 0.3) is 5.89 Å². The van der Waals surface area contributed by atoms with Crippen molar-refractivity contribution in [1.29, 1.82) is 0 Å². The number of para-hydroxylation sites is 1. The van der Waals surface area contributed by atoms with Crippen molar-refractivity contribution in [3.8, 4) is 17.1 Å². The highest BCUT2D eigenvalue weighted by Crippen LogP contribution is 2.24. The van der Waals surface area contributed by atoms with Gasteiger partial charge in [0.2, 0.25) is 0 Å². The summed E-state index contributed by atoms with van der Waals surface area (Å²) in [4.78, 5) is 8.73. The summed E-state index contributed by atoms with van der Waals surface area (Å²) in [6.07, 6.45) is 3.67. The van der Waals surface area contributed by atoms with Crippen LogP contribution in [0.15, 0.2) is 76.7 Å². The van der Waals surface area contributed by atoms with Gasteiger partial charge in [0.15, 0.2) is 11.0 Å². The zero-order valence-corrected chi connectivity index (χ0v) is 13.9. The Balaban J connectivity index is 1.48. The second-order valence-corrected chi connectivity index (χ2v) is 6.17. The Morgan fingerprint density at radius 1 is 1.04 bits per heavy atom. The number of imidazole rings is 1. The summed E-state index contributed by atoms with van der Waals surface area (Å²) in [5, 5.41) is 4.83. The molecule has 0 aliphatic heterocycles. The van der Waals surface area contributed by atoms with E-state index in [1.807, 2.05) is 41.1 Å². The molecule has 4 rings (SSSR count). The molecule has 4 aromatic rings. The maximum absolute atomic E-state index is 13.0. The molecule has 0 amide bonds. The number of rotatable bonds is 5. The molecule has 0 saturated carbocycles. The van der Waals surface area contributed by atoms with E-state index in [1.54, 1.807) is 18.3 Å². The van der Waals surface area contributed by atoms with Gasteiger partial charge in [-0.1, -0.05) is 35.1 Å². The molecule has 0 spiro atoms. The molecule has 2 aromatic heterocycles. The lowest BCUT2D eigenvalue weighted by atomic mass is 10.2. The molecule has 0 aliphatic rings. The van der Waals surface area contributed by atoms with Crippen LogP contribution in [-0.2, 0) is 5.75 Å². The second kappa shape index (κ2) is 6.90. The van der Waals surface area contributed by atoms with Crippen LogP contribution in [0.4, 0.5) is 4.39 Å². The van der Waals surface area contributed by atoms with Crippen molar-refractivity contribution >= 4 is 11.8 Å². The maximum atomic E-state index is 13.0. The van der Waals surface area contributed by atoms with Gasteiger partial charge in [-0.25, -0.2) is 9.37 Å². The van der Waals surface area contributed by atoms with Crippen LogP contribution in [0.1, 0.15) is 5.82 Å². The van der Waals surface area contributed by atoms with Crippen LogP contribution < -0.4 is 0 Å². The molecule has 124 valence electrons. The Morgan fingerprint density at radius 3 is 2.64 bits per heavy atom. The minimum Gasteiger partial charge on any atom is -0.334 e. The predicted molar refractivity (Wildman–Crippen MR) is 92.8 cm³/mol. The first-order chi connectivity index (χ1) is 12.3.